The molecule has 74 heavy (non-hydrogen) atoms. The monoisotopic (exact) mass is 940 g/mol. The van der Waals surface area contributed by atoms with Gasteiger partial charge >= 0.3 is 0 Å². The van der Waals surface area contributed by atoms with Crippen molar-refractivity contribution >= 4 is 87.2 Å². The molecule has 10 nitrogen and oxygen atoms in total. The van der Waals surface area contributed by atoms with Gasteiger partial charge in [0.05, 0.1) is 119 Å². The zero-order chi connectivity index (χ0) is 49.8. The van der Waals surface area contributed by atoms with Gasteiger partial charge in [-0.25, -0.2) is 0 Å². The number of fused-ring (bicyclic) bond motifs is 12. The maximum atomic E-state index is 12.5. The summed E-state index contributed by atoms with van der Waals surface area (Å²) in [5.41, 5.74) is 12.8. The number of nitriles is 5. The van der Waals surface area contributed by atoms with E-state index in [9.17, 15) is 26.3 Å². The van der Waals surface area contributed by atoms with Crippen molar-refractivity contribution in [2.24, 2.45) is 0 Å². The number of hydrogen-bond donors (Lipinski definition) is 0. The smallest absolute Gasteiger partial charge is 0.102 e. The van der Waals surface area contributed by atoms with Crippen molar-refractivity contribution in [2.75, 3.05) is 0 Å². The van der Waals surface area contributed by atoms with Crippen LogP contribution in [0.25, 0.3) is 121 Å². The first-order chi connectivity index (χ1) is 36.5. The van der Waals surface area contributed by atoms with Crippen LogP contribution in [0.4, 0.5) is 0 Å². The van der Waals surface area contributed by atoms with Crippen LogP contribution in [0.15, 0.2) is 194 Å². The van der Waals surface area contributed by atoms with E-state index in [-0.39, 0.29) is 0 Å². The van der Waals surface area contributed by atoms with E-state index >= 15 is 0 Å². The SMILES string of the molecule is N#Cc1ccc2c(c1)c1ccccc1n2-c1c(C#N)c(-c2ccncc2)c(-n2c3ccccc3c3cc(C#N)ccc32)c(-n2c3ccccc3c3cc(C#N)ccc32)c1-n1c2ccccc2c2cc(C#N)ccc21. The Kier molecular flexibility index (Phi) is 8.97. The quantitative estimate of drug-likeness (QED) is 0.167. The van der Waals surface area contributed by atoms with Crippen molar-refractivity contribution < 1.29 is 0 Å². The van der Waals surface area contributed by atoms with Gasteiger partial charge in [-0.2, -0.15) is 26.3 Å². The summed E-state index contributed by atoms with van der Waals surface area (Å²) in [6.07, 6.45) is 3.48. The van der Waals surface area contributed by atoms with Crippen LogP contribution in [-0.2, 0) is 0 Å². The topological polar surface area (TPSA) is 152 Å². The summed E-state index contributed by atoms with van der Waals surface area (Å²) < 4.78 is 8.94. The Bertz CT molecular complexity index is 5030. The minimum atomic E-state index is 0.351. The summed E-state index contributed by atoms with van der Waals surface area (Å²) in [5, 5.41) is 61.0. The molecule has 10 heteroatoms. The molecule has 0 aliphatic heterocycles. The van der Waals surface area contributed by atoms with Crippen LogP contribution in [0.5, 0.6) is 0 Å². The van der Waals surface area contributed by atoms with Crippen LogP contribution in [0.1, 0.15) is 27.8 Å². The van der Waals surface area contributed by atoms with Crippen molar-refractivity contribution in [3.8, 4) is 64.2 Å². The molecule has 0 aliphatic rings. The maximum Gasteiger partial charge on any atom is 0.102 e. The molecule has 0 unspecified atom stereocenters. The van der Waals surface area contributed by atoms with E-state index in [4.69, 9.17) is 0 Å². The molecule has 0 aliphatic carbocycles. The van der Waals surface area contributed by atoms with Gasteiger partial charge in [-0.05, 0) is 115 Å². The highest BCUT2D eigenvalue weighted by atomic mass is 15.1. The number of benzene rings is 9. The Morgan fingerprint density at radius 1 is 0.284 bits per heavy atom. The third-order valence-corrected chi connectivity index (χ3v) is 14.6. The molecule has 5 aromatic heterocycles. The molecule has 14 rings (SSSR count). The number of hydrogen-bond acceptors (Lipinski definition) is 6. The second-order valence-corrected chi connectivity index (χ2v) is 18.3. The van der Waals surface area contributed by atoms with E-state index in [0.717, 1.165) is 92.8 Å². The van der Waals surface area contributed by atoms with Gasteiger partial charge in [-0.15, -0.1) is 0 Å². The predicted octanol–water partition coefficient (Wildman–Crippen LogP) is 14.5. The molecule has 0 spiro atoms. The molecule has 5 heterocycles. The van der Waals surface area contributed by atoms with Gasteiger partial charge < -0.3 is 18.3 Å². The van der Waals surface area contributed by atoms with Gasteiger partial charge in [-0.1, -0.05) is 72.8 Å². The van der Waals surface area contributed by atoms with E-state index in [2.05, 4.69) is 102 Å². The summed E-state index contributed by atoms with van der Waals surface area (Å²) in [4.78, 5) is 4.51. The fourth-order valence-electron chi connectivity index (χ4n) is 11.6. The van der Waals surface area contributed by atoms with Crippen LogP contribution in [-0.4, -0.2) is 23.3 Å². The average Bonchev–Trinajstić information content (AvgIpc) is 4.19. The zero-order valence-electron chi connectivity index (χ0n) is 38.9. The van der Waals surface area contributed by atoms with Gasteiger partial charge in [0.25, 0.3) is 0 Å². The highest BCUT2D eigenvalue weighted by Gasteiger charge is 2.35. The average molecular weight is 941 g/mol. The van der Waals surface area contributed by atoms with E-state index < -0.39 is 0 Å². The Morgan fingerprint density at radius 2 is 0.581 bits per heavy atom. The van der Waals surface area contributed by atoms with Crippen molar-refractivity contribution in [3.05, 3.63) is 222 Å². The number of nitrogens with zero attached hydrogens (tertiary/aromatic N) is 10. The number of para-hydroxylation sites is 4. The van der Waals surface area contributed by atoms with Gasteiger partial charge in [0.2, 0.25) is 0 Å². The second kappa shape index (κ2) is 15.9. The largest absolute Gasteiger partial charge is 0.306 e. The molecule has 0 radical (unpaired) electrons. The Morgan fingerprint density at radius 3 is 0.919 bits per heavy atom. The lowest BCUT2D eigenvalue weighted by Crippen LogP contribution is -2.16. The Labute approximate surface area is 421 Å². The summed E-state index contributed by atoms with van der Waals surface area (Å²) in [5.74, 6) is 0. The predicted molar refractivity (Wildman–Crippen MR) is 291 cm³/mol. The van der Waals surface area contributed by atoms with E-state index in [1.165, 1.54) is 0 Å². The Hall–Kier alpha value is -11.2. The summed E-state index contributed by atoms with van der Waals surface area (Å²) in [6, 6.07) is 71.8. The van der Waals surface area contributed by atoms with E-state index in [1.54, 1.807) is 12.4 Å². The first-order valence-electron chi connectivity index (χ1n) is 23.8. The van der Waals surface area contributed by atoms with Crippen LogP contribution < -0.4 is 0 Å². The molecule has 0 fully saturated rings. The fourth-order valence-corrected chi connectivity index (χ4v) is 11.6. The first kappa shape index (κ1) is 41.7. The lowest BCUT2D eigenvalue weighted by Gasteiger charge is -2.29. The number of aromatic nitrogens is 5. The van der Waals surface area contributed by atoms with E-state index in [0.29, 0.717) is 56.1 Å². The standard InChI is InChI=1S/C64H32N10/c65-33-38-17-21-56-47(29-38)43-9-1-5-13-52(43)71(56)61-51(37-69)60(42-25-27-70-28-26-42)62(72-53-14-6-2-10-44(53)48-30-39(34-66)18-22-57(48)72)64(74-55-16-8-4-12-46(55)50-32-41(36-68)20-24-59(50)74)63(61)73-54-15-7-3-11-45(54)49-31-40(35-67)19-23-58(49)73/h1-32H. The molecule has 0 saturated carbocycles. The second-order valence-electron chi connectivity index (χ2n) is 18.3. The highest BCUT2D eigenvalue weighted by molar-refractivity contribution is 6.17. The van der Waals surface area contributed by atoms with Crippen molar-refractivity contribution in [1.82, 2.24) is 23.3 Å². The molecular formula is C64H32N10. The highest BCUT2D eigenvalue weighted by Crippen LogP contribution is 2.52. The zero-order valence-corrected chi connectivity index (χ0v) is 38.9. The van der Waals surface area contributed by atoms with Gasteiger partial charge in [0, 0.05) is 61.0 Å². The number of pyridine rings is 1. The third kappa shape index (κ3) is 5.73. The molecule has 0 atom stereocenters. The molecule has 0 amide bonds. The van der Waals surface area contributed by atoms with Gasteiger partial charge in [0.15, 0.2) is 0 Å². The molecule has 338 valence electrons. The van der Waals surface area contributed by atoms with Crippen molar-refractivity contribution in [2.45, 2.75) is 0 Å². The maximum absolute atomic E-state index is 12.5. The first-order valence-corrected chi connectivity index (χ1v) is 23.8. The summed E-state index contributed by atoms with van der Waals surface area (Å²) >= 11 is 0. The molecule has 9 aromatic carbocycles. The van der Waals surface area contributed by atoms with Gasteiger partial charge in [0.1, 0.15) is 6.07 Å². The van der Waals surface area contributed by atoms with Crippen LogP contribution in [0.3, 0.4) is 0 Å². The molecule has 0 saturated heterocycles. The molecule has 0 N–H and O–H groups in total. The van der Waals surface area contributed by atoms with Crippen molar-refractivity contribution in [1.29, 1.82) is 26.3 Å². The normalized spacial score (nSPS) is 11.4. The fraction of sp³-hybridized carbons (Fsp3) is 0. The van der Waals surface area contributed by atoms with Crippen molar-refractivity contribution in [3.63, 3.8) is 0 Å². The van der Waals surface area contributed by atoms with Crippen LogP contribution in [0, 0.1) is 56.7 Å². The Balaban J connectivity index is 1.37. The van der Waals surface area contributed by atoms with Gasteiger partial charge in [-0.3, -0.25) is 4.98 Å². The molecular weight excluding hydrogens is 909 g/mol. The lowest BCUT2D eigenvalue weighted by atomic mass is 9.93. The van der Waals surface area contributed by atoms with Crippen LogP contribution in [0.2, 0.25) is 0 Å². The minimum Gasteiger partial charge on any atom is -0.306 e. The summed E-state index contributed by atoms with van der Waals surface area (Å²) in [6.45, 7) is 0. The molecule has 0 bridgehead atoms. The van der Waals surface area contributed by atoms with Crippen LogP contribution >= 0.6 is 0 Å². The lowest BCUT2D eigenvalue weighted by molar-refractivity contribution is 1.02. The number of rotatable bonds is 5. The summed E-state index contributed by atoms with van der Waals surface area (Å²) in [7, 11) is 0. The van der Waals surface area contributed by atoms with E-state index in [1.807, 2.05) is 133 Å². The molecule has 14 aromatic rings. The minimum absolute atomic E-state index is 0.351. The third-order valence-electron chi connectivity index (χ3n) is 14.6.